The minimum atomic E-state index is -0.902. The molecular weight excluding hydrogens is 202 g/mol. The third-order valence-electron chi connectivity index (χ3n) is 2.99. The van der Waals surface area contributed by atoms with Crippen LogP contribution in [0.15, 0.2) is 24.8 Å². The maximum Gasteiger partial charge on any atom is 0.335 e. The third-order valence-corrected chi connectivity index (χ3v) is 2.99. The van der Waals surface area contributed by atoms with Crippen molar-refractivity contribution in [1.29, 1.82) is 0 Å². The Bertz CT molecular complexity index is 593. The predicted octanol–water partition coefficient (Wildman–Crippen LogP) is 2.83. The van der Waals surface area contributed by atoms with Crippen molar-refractivity contribution in [2.45, 2.75) is 6.92 Å². The lowest BCUT2D eigenvalue weighted by molar-refractivity contribution is 0.0697. The van der Waals surface area contributed by atoms with Gasteiger partial charge in [-0.05, 0) is 19.1 Å². The average Bonchev–Trinajstić information content (AvgIpc) is 2.51. The number of carboxylic acids is 1. The first-order valence-corrected chi connectivity index (χ1v) is 5.01. The van der Waals surface area contributed by atoms with Crippen LogP contribution in [0.3, 0.4) is 0 Å². The zero-order valence-electron chi connectivity index (χ0n) is 9.32. The van der Waals surface area contributed by atoms with Crippen LogP contribution in [0.1, 0.15) is 21.6 Å². The van der Waals surface area contributed by atoms with Gasteiger partial charge in [-0.2, -0.15) is 0 Å². The minimum Gasteiger partial charge on any atom is -0.478 e. The van der Waals surface area contributed by atoms with Gasteiger partial charge in [0.05, 0.1) is 5.56 Å². The fourth-order valence-electron chi connectivity index (χ4n) is 1.98. The lowest BCUT2D eigenvalue weighted by Gasteiger charge is -1.99. The molecule has 0 aliphatic rings. The summed E-state index contributed by atoms with van der Waals surface area (Å²) in [4.78, 5) is 10.9. The number of nitrogens with zero attached hydrogens (tertiary/aromatic N) is 1. The molecule has 0 unspecified atom stereocenters. The molecule has 16 heavy (non-hydrogen) atoms. The van der Waals surface area contributed by atoms with Gasteiger partial charge < -0.3 is 9.67 Å². The van der Waals surface area contributed by atoms with Crippen LogP contribution < -0.4 is 0 Å². The number of hydrogen-bond donors (Lipinski definition) is 1. The first kappa shape index (κ1) is 10.5. The first-order chi connectivity index (χ1) is 7.56. The van der Waals surface area contributed by atoms with Gasteiger partial charge in [0, 0.05) is 29.2 Å². The fraction of sp³-hybridized carbons (Fsp3) is 0.154. The quantitative estimate of drug-likeness (QED) is 0.837. The summed E-state index contributed by atoms with van der Waals surface area (Å²) < 4.78 is 1.98. The number of carbonyl (C=O) groups is 1. The molecule has 0 atom stereocenters. The van der Waals surface area contributed by atoms with E-state index in [2.05, 4.69) is 6.58 Å². The molecule has 1 heterocycles. The Labute approximate surface area is 93.6 Å². The Morgan fingerprint density at radius 2 is 2.19 bits per heavy atom. The molecule has 0 aliphatic heterocycles. The number of hydrogen-bond acceptors (Lipinski definition) is 1. The van der Waals surface area contributed by atoms with Crippen LogP contribution in [0.5, 0.6) is 0 Å². The second-order valence-corrected chi connectivity index (χ2v) is 3.80. The van der Waals surface area contributed by atoms with E-state index in [1.807, 2.05) is 24.6 Å². The fourth-order valence-corrected chi connectivity index (χ4v) is 1.98. The van der Waals surface area contributed by atoms with Gasteiger partial charge in [-0.1, -0.05) is 18.7 Å². The SMILES string of the molecule is C=Cc1c(C)n(C)c2cc(C(=O)O)ccc12. The lowest BCUT2D eigenvalue weighted by atomic mass is 10.1. The predicted molar refractivity (Wildman–Crippen MR) is 64.7 cm³/mol. The van der Waals surface area contributed by atoms with Crippen molar-refractivity contribution in [3.05, 3.63) is 41.6 Å². The number of fused-ring (bicyclic) bond motifs is 1. The maximum atomic E-state index is 10.9. The molecule has 1 aromatic carbocycles. The Balaban J connectivity index is 2.85. The molecule has 82 valence electrons. The molecule has 2 rings (SSSR count). The number of carboxylic acid groups (broad SMARTS) is 1. The molecule has 2 aromatic rings. The van der Waals surface area contributed by atoms with Gasteiger partial charge in [-0.15, -0.1) is 0 Å². The zero-order chi connectivity index (χ0) is 11.9. The monoisotopic (exact) mass is 215 g/mol. The van der Waals surface area contributed by atoms with Gasteiger partial charge in [-0.3, -0.25) is 0 Å². The van der Waals surface area contributed by atoms with Crippen LogP contribution in [0.2, 0.25) is 0 Å². The van der Waals surface area contributed by atoms with Crippen LogP contribution in [0, 0.1) is 6.92 Å². The minimum absolute atomic E-state index is 0.309. The summed E-state index contributed by atoms with van der Waals surface area (Å²) in [5, 5.41) is 9.98. The highest BCUT2D eigenvalue weighted by Gasteiger charge is 2.11. The van der Waals surface area contributed by atoms with Gasteiger partial charge in [0.15, 0.2) is 0 Å². The smallest absolute Gasteiger partial charge is 0.335 e. The standard InChI is InChI=1S/C13H13NO2/c1-4-10-8(2)14(3)12-7-9(13(15)16)5-6-11(10)12/h4-7H,1H2,2-3H3,(H,15,16). The summed E-state index contributed by atoms with van der Waals surface area (Å²) >= 11 is 0. The molecule has 1 N–H and O–H groups in total. The van der Waals surface area contributed by atoms with Crippen LogP contribution in [0.4, 0.5) is 0 Å². The van der Waals surface area contributed by atoms with Crippen molar-refractivity contribution in [2.75, 3.05) is 0 Å². The van der Waals surface area contributed by atoms with Crippen molar-refractivity contribution in [3.8, 4) is 0 Å². The largest absolute Gasteiger partial charge is 0.478 e. The van der Waals surface area contributed by atoms with E-state index in [9.17, 15) is 4.79 Å². The normalized spacial score (nSPS) is 10.6. The number of aromatic nitrogens is 1. The Kier molecular flexibility index (Phi) is 2.31. The summed E-state index contributed by atoms with van der Waals surface area (Å²) in [6.07, 6.45) is 1.80. The molecule has 0 saturated carbocycles. The molecule has 0 fully saturated rings. The Morgan fingerprint density at radius 3 is 2.75 bits per heavy atom. The van der Waals surface area contributed by atoms with Crippen molar-refractivity contribution in [1.82, 2.24) is 4.57 Å². The summed E-state index contributed by atoms with van der Waals surface area (Å²) in [5.41, 5.74) is 3.39. The molecule has 0 saturated heterocycles. The second-order valence-electron chi connectivity index (χ2n) is 3.80. The van der Waals surface area contributed by atoms with Crippen molar-refractivity contribution >= 4 is 22.9 Å². The van der Waals surface area contributed by atoms with E-state index in [0.29, 0.717) is 5.56 Å². The Morgan fingerprint density at radius 1 is 1.50 bits per heavy atom. The summed E-state index contributed by atoms with van der Waals surface area (Å²) in [6, 6.07) is 5.15. The van der Waals surface area contributed by atoms with Crippen LogP contribution >= 0.6 is 0 Å². The van der Waals surface area contributed by atoms with Gasteiger partial charge in [0.2, 0.25) is 0 Å². The van der Waals surface area contributed by atoms with E-state index in [0.717, 1.165) is 22.2 Å². The van der Waals surface area contributed by atoms with Crippen molar-refractivity contribution in [2.24, 2.45) is 7.05 Å². The molecule has 0 bridgehead atoms. The van der Waals surface area contributed by atoms with Crippen molar-refractivity contribution < 1.29 is 9.90 Å². The average molecular weight is 215 g/mol. The van der Waals surface area contributed by atoms with E-state index in [1.165, 1.54) is 0 Å². The highest BCUT2D eigenvalue weighted by atomic mass is 16.4. The van der Waals surface area contributed by atoms with Gasteiger partial charge in [0.1, 0.15) is 0 Å². The molecule has 1 aromatic heterocycles. The highest BCUT2D eigenvalue weighted by molar-refractivity contribution is 5.97. The van der Waals surface area contributed by atoms with Gasteiger partial charge in [-0.25, -0.2) is 4.79 Å². The highest BCUT2D eigenvalue weighted by Crippen LogP contribution is 2.26. The molecule has 3 heteroatoms. The maximum absolute atomic E-state index is 10.9. The number of aromatic carboxylic acids is 1. The van der Waals surface area contributed by atoms with Gasteiger partial charge in [0.25, 0.3) is 0 Å². The van der Waals surface area contributed by atoms with E-state index < -0.39 is 5.97 Å². The number of rotatable bonds is 2. The lowest BCUT2D eigenvalue weighted by Crippen LogP contribution is -1.96. The number of benzene rings is 1. The molecule has 0 aliphatic carbocycles. The topological polar surface area (TPSA) is 42.2 Å². The third kappa shape index (κ3) is 1.33. The summed E-state index contributed by atoms with van der Waals surface area (Å²) in [5.74, 6) is -0.902. The van der Waals surface area contributed by atoms with E-state index >= 15 is 0 Å². The summed E-state index contributed by atoms with van der Waals surface area (Å²) in [7, 11) is 1.93. The van der Waals surface area contributed by atoms with Crippen LogP contribution in [-0.4, -0.2) is 15.6 Å². The van der Waals surface area contributed by atoms with E-state index in [1.54, 1.807) is 18.2 Å². The summed E-state index contributed by atoms with van der Waals surface area (Å²) in [6.45, 7) is 5.78. The van der Waals surface area contributed by atoms with Gasteiger partial charge >= 0.3 is 5.97 Å². The first-order valence-electron chi connectivity index (χ1n) is 5.01. The zero-order valence-corrected chi connectivity index (χ0v) is 9.32. The van der Waals surface area contributed by atoms with E-state index in [-0.39, 0.29) is 0 Å². The molecule has 0 radical (unpaired) electrons. The second kappa shape index (κ2) is 3.52. The molecule has 0 amide bonds. The Hall–Kier alpha value is -2.03. The molecule has 3 nitrogen and oxygen atoms in total. The van der Waals surface area contributed by atoms with E-state index in [4.69, 9.17) is 5.11 Å². The molecular formula is C13H13NO2. The van der Waals surface area contributed by atoms with Crippen LogP contribution in [0.25, 0.3) is 17.0 Å². The number of aryl methyl sites for hydroxylation is 1. The molecule has 0 spiro atoms. The van der Waals surface area contributed by atoms with Crippen molar-refractivity contribution in [3.63, 3.8) is 0 Å². The van der Waals surface area contributed by atoms with Crippen LogP contribution in [-0.2, 0) is 7.05 Å².